The van der Waals surface area contributed by atoms with Crippen molar-refractivity contribution < 1.29 is 18.7 Å². The monoisotopic (exact) mass is 518 g/mol. The first-order chi connectivity index (χ1) is 14.5. The van der Waals surface area contributed by atoms with Crippen molar-refractivity contribution in [2.24, 2.45) is 0 Å². The standard InChI is InChI=1S/C23H20FIN2O3/c1-3-30-17-8-10-21(29-2)19(13-17)22-26-20-9-7-15(25)12-18(20)23(28)27(22)16-6-4-5-14(24)11-16/h4-13,22,26H,3H2,1-2H3. The average Bonchev–Trinajstić information content (AvgIpc) is 2.74. The average molecular weight is 518 g/mol. The van der Waals surface area contributed by atoms with Gasteiger partial charge in [0, 0.05) is 20.5 Å². The Balaban J connectivity index is 1.91. The van der Waals surface area contributed by atoms with Crippen LogP contribution in [-0.2, 0) is 0 Å². The molecule has 0 aromatic heterocycles. The zero-order valence-electron chi connectivity index (χ0n) is 16.5. The molecule has 7 heteroatoms. The van der Waals surface area contributed by atoms with E-state index in [1.54, 1.807) is 30.2 Å². The van der Waals surface area contributed by atoms with E-state index in [2.05, 4.69) is 27.9 Å². The van der Waals surface area contributed by atoms with Crippen molar-refractivity contribution in [2.45, 2.75) is 13.1 Å². The summed E-state index contributed by atoms with van der Waals surface area (Å²) in [4.78, 5) is 15.1. The molecule has 0 radical (unpaired) electrons. The van der Waals surface area contributed by atoms with E-state index >= 15 is 0 Å². The van der Waals surface area contributed by atoms with E-state index in [1.165, 1.54) is 12.1 Å². The largest absolute Gasteiger partial charge is 0.496 e. The summed E-state index contributed by atoms with van der Waals surface area (Å²) in [5.74, 6) is 0.624. The molecule has 1 atom stereocenters. The van der Waals surface area contributed by atoms with Crippen LogP contribution in [-0.4, -0.2) is 19.6 Å². The number of fused-ring (bicyclic) bond motifs is 1. The number of ether oxygens (including phenoxy) is 2. The van der Waals surface area contributed by atoms with Gasteiger partial charge < -0.3 is 14.8 Å². The molecule has 0 bridgehead atoms. The van der Waals surface area contributed by atoms with Crippen molar-refractivity contribution >= 4 is 39.9 Å². The molecule has 0 aliphatic carbocycles. The molecule has 0 saturated carbocycles. The molecule has 154 valence electrons. The molecule has 3 aromatic rings. The van der Waals surface area contributed by atoms with Gasteiger partial charge in [0.05, 0.1) is 19.3 Å². The minimum Gasteiger partial charge on any atom is -0.496 e. The molecule has 1 amide bonds. The number of carbonyl (C=O) groups is 1. The molecular weight excluding hydrogens is 498 g/mol. The third-order valence-corrected chi connectivity index (χ3v) is 5.55. The summed E-state index contributed by atoms with van der Waals surface area (Å²) in [6.45, 7) is 2.42. The number of anilines is 2. The van der Waals surface area contributed by atoms with Crippen molar-refractivity contribution in [1.29, 1.82) is 0 Å². The molecule has 5 nitrogen and oxygen atoms in total. The highest BCUT2D eigenvalue weighted by molar-refractivity contribution is 14.1. The van der Waals surface area contributed by atoms with Crippen molar-refractivity contribution in [2.75, 3.05) is 23.9 Å². The van der Waals surface area contributed by atoms with Gasteiger partial charge in [-0.2, -0.15) is 0 Å². The number of amides is 1. The van der Waals surface area contributed by atoms with Crippen LogP contribution >= 0.6 is 22.6 Å². The Hall–Kier alpha value is -2.81. The summed E-state index contributed by atoms with van der Waals surface area (Å²) in [6, 6.07) is 17.1. The molecule has 1 aliphatic heterocycles. The third-order valence-electron chi connectivity index (χ3n) is 4.87. The van der Waals surface area contributed by atoms with E-state index < -0.39 is 12.0 Å². The maximum absolute atomic E-state index is 14.0. The summed E-state index contributed by atoms with van der Waals surface area (Å²) < 4.78 is 26.2. The highest BCUT2D eigenvalue weighted by Crippen LogP contribution is 2.41. The lowest BCUT2D eigenvalue weighted by atomic mass is 10.0. The zero-order valence-corrected chi connectivity index (χ0v) is 18.6. The number of nitrogens with one attached hydrogen (secondary N) is 1. The predicted octanol–water partition coefficient (Wildman–Crippen LogP) is 5.61. The van der Waals surface area contributed by atoms with E-state index in [0.717, 1.165) is 3.57 Å². The van der Waals surface area contributed by atoms with Gasteiger partial charge in [0.25, 0.3) is 5.91 Å². The van der Waals surface area contributed by atoms with Crippen LogP contribution in [0.3, 0.4) is 0 Å². The van der Waals surface area contributed by atoms with Gasteiger partial charge in [0.1, 0.15) is 23.5 Å². The topological polar surface area (TPSA) is 50.8 Å². The van der Waals surface area contributed by atoms with Gasteiger partial charge in [-0.25, -0.2) is 4.39 Å². The molecule has 0 fully saturated rings. The third kappa shape index (κ3) is 3.81. The second-order valence-corrected chi connectivity index (χ2v) is 7.97. The first kappa shape index (κ1) is 20.5. The van der Waals surface area contributed by atoms with Crippen LogP contribution in [0.4, 0.5) is 15.8 Å². The van der Waals surface area contributed by atoms with E-state index in [-0.39, 0.29) is 5.91 Å². The van der Waals surface area contributed by atoms with Crippen molar-refractivity contribution in [1.82, 2.24) is 0 Å². The van der Waals surface area contributed by atoms with Gasteiger partial charge in [-0.15, -0.1) is 0 Å². The minimum absolute atomic E-state index is 0.221. The van der Waals surface area contributed by atoms with Crippen LogP contribution in [0, 0.1) is 9.39 Å². The molecule has 0 saturated heterocycles. The number of methoxy groups -OCH3 is 1. The summed E-state index contributed by atoms with van der Waals surface area (Å²) >= 11 is 2.17. The Morgan fingerprint density at radius 1 is 1.13 bits per heavy atom. The smallest absolute Gasteiger partial charge is 0.262 e. The molecule has 30 heavy (non-hydrogen) atoms. The molecule has 0 spiro atoms. The van der Waals surface area contributed by atoms with Crippen LogP contribution < -0.4 is 19.7 Å². The Morgan fingerprint density at radius 2 is 1.97 bits per heavy atom. The number of hydrogen-bond donors (Lipinski definition) is 1. The second-order valence-electron chi connectivity index (χ2n) is 6.73. The SMILES string of the molecule is CCOc1ccc(OC)c(C2Nc3ccc(I)cc3C(=O)N2c2cccc(F)c2)c1. The lowest BCUT2D eigenvalue weighted by molar-refractivity contribution is 0.0974. The number of nitrogens with zero attached hydrogens (tertiary/aromatic N) is 1. The van der Waals surface area contributed by atoms with Gasteiger partial charge in [-0.1, -0.05) is 6.07 Å². The molecule has 3 aromatic carbocycles. The Kier molecular flexibility index (Phi) is 5.80. The van der Waals surface area contributed by atoms with Crippen LogP contribution in [0.25, 0.3) is 0 Å². The summed E-state index contributed by atoms with van der Waals surface area (Å²) in [6.07, 6.45) is -0.609. The molecule has 1 heterocycles. The fraction of sp³-hybridized carbons (Fsp3) is 0.174. The maximum Gasteiger partial charge on any atom is 0.262 e. The van der Waals surface area contributed by atoms with Gasteiger partial charge in [0.2, 0.25) is 0 Å². The highest BCUT2D eigenvalue weighted by Gasteiger charge is 2.36. The number of carbonyl (C=O) groups excluding carboxylic acids is 1. The van der Waals surface area contributed by atoms with Crippen LogP contribution in [0.5, 0.6) is 11.5 Å². The number of halogens is 2. The maximum atomic E-state index is 14.0. The predicted molar refractivity (Wildman–Crippen MR) is 123 cm³/mol. The van der Waals surface area contributed by atoms with Gasteiger partial charge in [0.15, 0.2) is 0 Å². The summed E-state index contributed by atoms with van der Waals surface area (Å²) in [5, 5.41) is 3.43. The lowest BCUT2D eigenvalue weighted by Crippen LogP contribution is -2.43. The Labute approximate surface area is 187 Å². The van der Waals surface area contributed by atoms with Crippen LogP contribution in [0.2, 0.25) is 0 Å². The molecule has 1 N–H and O–H groups in total. The van der Waals surface area contributed by atoms with Crippen LogP contribution in [0.15, 0.2) is 60.7 Å². The molecule has 4 rings (SSSR count). The van der Waals surface area contributed by atoms with Gasteiger partial charge in [-0.05, 0) is 84.1 Å². The second kappa shape index (κ2) is 8.51. The highest BCUT2D eigenvalue weighted by atomic mass is 127. The normalized spacial score (nSPS) is 15.4. The van der Waals surface area contributed by atoms with E-state index in [0.29, 0.717) is 40.6 Å². The number of benzene rings is 3. The summed E-state index contributed by atoms with van der Waals surface area (Å²) in [5.41, 5.74) is 2.40. The fourth-order valence-electron chi connectivity index (χ4n) is 3.57. The van der Waals surface area contributed by atoms with E-state index in [9.17, 15) is 9.18 Å². The molecule has 1 unspecified atom stereocenters. The first-order valence-corrected chi connectivity index (χ1v) is 10.6. The Bertz CT molecular complexity index is 1110. The van der Waals surface area contributed by atoms with Gasteiger partial charge in [-0.3, -0.25) is 9.69 Å². The number of rotatable bonds is 5. The minimum atomic E-state index is -0.609. The lowest BCUT2D eigenvalue weighted by Gasteiger charge is -2.38. The number of hydrogen-bond acceptors (Lipinski definition) is 4. The molecular formula is C23H20FIN2O3. The van der Waals surface area contributed by atoms with E-state index in [4.69, 9.17) is 9.47 Å². The van der Waals surface area contributed by atoms with Crippen molar-refractivity contribution in [3.63, 3.8) is 0 Å². The van der Waals surface area contributed by atoms with Crippen molar-refractivity contribution in [3.05, 3.63) is 81.2 Å². The Morgan fingerprint density at radius 3 is 2.70 bits per heavy atom. The molecule has 1 aliphatic rings. The first-order valence-electron chi connectivity index (χ1n) is 9.47. The summed E-state index contributed by atoms with van der Waals surface area (Å²) in [7, 11) is 1.58. The van der Waals surface area contributed by atoms with Crippen LogP contribution in [0.1, 0.15) is 29.0 Å². The van der Waals surface area contributed by atoms with Gasteiger partial charge >= 0.3 is 0 Å². The fourth-order valence-corrected chi connectivity index (χ4v) is 4.06. The van der Waals surface area contributed by atoms with Crippen molar-refractivity contribution in [3.8, 4) is 11.5 Å². The zero-order chi connectivity index (χ0) is 21.3. The quantitative estimate of drug-likeness (QED) is 0.447. The van der Waals surface area contributed by atoms with E-state index in [1.807, 2.05) is 37.3 Å².